The van der Waals surface area contributed by atoms with Gasteiger partial charge >= 0.3 is 0 Å². The minimum Gasteiger partial charge on any atom is -0.494 e. The Morgan fingerprint density at radius 2 is 2.21 bits per heavy atom. The van der Waals surface area contributed by atoms with Crippen LogP contribution < -0.4 is 10.1 Å². The van der Waals surface area contributed by atoms with E-state index in [1.54, 1.807) is 19.5 Å². The molecule has 1 saturated heterocycles. The molecule has 4 heteroatoms. The average molecular weight is 193 g/mol. The second-order valence-electron chi connectivity index (χ2n) is 3.52. The molecule has 1 aromatic rings. The number of hydrogen-bond donors (Lipinski definition) is 1. The topological polar surface area (TPSA) is 47.0 Å². The Labute approximate surface area is 83.7 Å². The normalized spacial score (nSPS) is 21.9. The van der Waals surface area contributed by atoms with Crippen LogP contribution in [0.15, 0.2) is 12.4 Å². The maximum absolute atomic E-state index is 5.02. The minimum atomic E-state index is 0.467. The van der Waals surface area contributed by atoms with Crippen LogP contribution in [0, 0.1) is 0 Å². The Kier molecular flexibility index (Phi) is 2.93. The molecule has 0 saturated carbocycles. The largest absolute Gasteiger partial charge is 0.494 e. The first kappa shape index (κ1) is 9.40. The van der Waals surface area contributed by atoms with Crippen molar-refractivity contribution in [2.75, 3.05) is 20.2 Å². The lowest BCUT2D eigenvalue weighted by molar-refractivity contribution is 0.405. The number of rotatable bonds is 2. The molecule has 1 N–H and O–H groups in total. The van der Waals surface area contributed by atoms with Crippen molar-refractivity contribution in [3.05, 3.63) is 18.2 Å². The van der Waals surface area contributed by atoms with Gasteiger partial charge in [-0.25, -0.2) is 9.97 Å². The first-order valence-corrected chi connectivity index (χ1v) is 4.97. The van der Waals surface area contributed by atoms with Gasteiger partial charge in [0.05, 0.1) is 19.5 Å². The lowest BCUT2D eigenvalue weighted by Gasteiger charge is -2.21. The monoisotopic (exact) mass is 193 g/mol. The second-order valence-corrected chi connectivity index (χ2v) is 3.52. The highest BCUT2D eigenvalue weighted by atomic mass is 16.5. The van der Waals surface area contributed by atoms with Crippen LogP contribution in [0.4, 0.5) is 0 Å². The third-order valence-electron chi connectivity index (χ3n) is 2.55. The Hall–Kier alpha value is -1.16. The maximum Gasteiger partial charge on any atom is 0.155 e. The van der Waals surface area contributed by atoms with Gasteiger partial charge in [0.15, 0.2) is 5.75 Å². The minimum absolute atomic E-state index is 0.467. The molecule has 76 valence electrons. The second kappa shape index (κ2) is 4.37. The van der Waals surface area contributed by atoms with Gasteiger partial charge in [-0.05, 0) is 19.4 Å². The summed E-state index contributed by atoms with van der Waals surface area (Å²) >= 11 is 0. The third kappa shape index (κ3) is 2.01. The molecule has 1 aliphatic rings. The van der Waals surface area contributed by atoms with Crippen LogP contribution in [0.3, 0.4) is 0 Å². The van der Waals surface area contributed by atoms with Gasteiger partial charge < -0.3 is 10.1 Å². The van der Waals surface area contributed by atoms with Crippen molar-refractivity contribution >= 4 is 0 Å². The molecule has 2 heterocycles. The van der Waals surface area contributed by atoms with Crippen LogP contribution in [0.1, 0.15) is 24.6 Å². The standard InChI is InChI=1S/C10H15N3O/c1-14-9-6-12-10(13-7-9)8-3-2-4-11-5-8/h6-8,11H,2-5H2,1H3. The zero-order valence-corrected chi connectivity index (χ0v) is 8.36. The Morgan fingerprint density at radius 3 is 2.79 bits per heavy atom. The van der Waals surface area contributed by atoms with Gasteiger partial charge in [0, 0.05) is 12.5 Å². The van der Waals surface area contributed by atoms with Crippen molar-refractivity contribution in [2.24, 2.45) is 0 Å². The van der Waals surface area contributed by atoms with E-state index in [9.17, 15) is 0 Å². The van der Waals surface area contributed by atoms with E-state index >= 15 is 0 Å². The molecular weight excluding hydrogens is 178 g/mol. The van der Waals surface area contributed by atoms with E-state index < -0.39 is 0 Å². The fourth-order valence-electron chi connectivity index (χ4n) is 1.71. The SMILES string of the molecule is COc1cnc(C2CCCNC2)nc1. The van der Waals surface area contributed by atoms with Gasteiger partial charge in [0.1, 0.15) is 5.82 Å². The predicted octanol–water partition coefficient (Wildman–Crippen LogP) is 0.952. The molecule has 0 spiro atoms. The number of piperidine rings is 1. The van der Waals surface area contributed by atoms with E-state index in [1.807, 2.05) is 0 Å². The van der Waals surface area contributed by atoms with Gasteiger partial charge in [0.2, 0.25) is 0 Å². The molecule has 1 aliphatic heterocycles. The zero-order valence-electron chi connectivity index (χ0n) is 8.36. The molecule has 0 amide bonds. The third-order valence-corrected chi connectivity index (χ3v) is 2.55. The molecule has 4 nitrogen and oxygen atoms in total. The van der Waals surface area contributed by atoms with Gasteiger partial charge in [0.25, 0.3) is 0 Å². The van der Waals surface area contributed by atoms with Crippen LogP contribution in [-0.4, -0.2) is 30.2 Å². The summed E-state index contributed by atoms with van der Waals surface area (Å²) in [7, 11) is 1.63. The van der Waals surface area contributed by atoms with Crippen molar-refractivity contribution in [2.45, 2.75) is 18.8 Å². The number of aromatic nitrogens is 2. The smallest absolute Gasteiger partial charge is 0.155 e. The Balaban J connectivity index is 2.07. The van der Waals surface area contributed by atoms with Gasteiger partial charge in [-0.3, -0.25) is 0 Å². The van der Waals surface area contributed by atoms with Crippen molar-refractivity contribution < 1.29 is 4.74 Å². The first-order chi connectivity index (χ1) is 6.90. The van der Waals surface area contributed by atoms with Gasteiger partial charge in [-0.15, -0.1) is 0 Å². The molecule has 14 heavy (non-hydrogen) atoms. The molecule has 1 aromatic heterocycles. The van der Waals surface area contributed by atoms with Crippen LogP contribution in [0.25, 0.3) is 0 Å². The van der Waals surface area contributed by atoms with E-state index in [2.05, 4.69) is 15.3 Å². The van der Waals surface area contributed by atoms with E-state index in [4.69, 9.17) is 4.74 Å². The van der Waals surface area contributed by atoms with E-state index in [1.165, 1.54) is 12.8 Å². The zero-order chi connectivity index (χ0) is 9.80. The summed E-state index contributed by atoms with van der Waals surface area (Å²) in [5.41, 5.74) is 0. The lowest BCUT2D eigenvalue weighted by atomic mass is 9.99. The summed E-state index contributed by atoms with van der Waals surface area (Å²) in [6, 6.07) is 0. The van der Waals surface area contributed by atoms with Crippen molar-refractivity contribution in [3.63, 3.8) is 0 Å². The fourth-order valence-corrected chi connectivity index (χ4v) is 1.71. The molecule has 1 unspecified atom stereocenters. The first-order valence-electron chi connectivity index (χ1n) is 4.97. The lowest BCUT2D eigenvalue weighted by Crippen LogP contribution is -2.29. The van der Waals surface area contributed by atoms with Crippen LogP contribution >= 0.6 is 0 Å². The quantitative estimate of drug-likeness (QED) is 0.759. The summed E-state index contributed by atoms with van der Waals surface area (Å²) in [4.78, 5) is 8.59. The highest BCUT2D eigenvalue weighted by molar-refractivity contribution is 5.13. The molecule has 2 rings (SSSR count). The van der Waals surface area contributed by atoms with Crippen molar-refractivity contribution in [1.29, 1.82) is 0 Å². The molecule has 0 bridgehead atoms. The summed E-state index contributed by atoms with van der Waals surface area (Å²) in [5, 5.41) is 3.35. The van der Waals surface area contributed by atoms with Gasteiger partial charge in [-0.1, -0.05) is 0 Å². The fraction of sp³-hybridized carbons (Fsp3) is 0.600. The Bertz CT molecular complexity index is 280. The highest BCUT2D eigenvalue weighted by Crippen LogP contribution is 2.20. The number of methoxy groups -OCH3 is 1. The van der Waals surface area contributed by atoms with Crippen molar-refractivity contribution in [3.8, 4) is 5.75 Å². The number of hydrogen-bond acceptors (Lipinski definition) is 4. The van der Waals surface area contributed by atoms with Crippen LogP contribution in [-0.2, 0) is 0 Å². The summed E-state index contributed by atoms with van der Waals surface area (Å²) < 4.78 is 5.02. The number of nitrogens with one attached hydrogen (secondary N) is 1. The summed E-state index contributed by atoms with van der Waals surface area (Å²) in [6.07, 6.45) is 5.85. The molecule has 0 aliphatic carbocycles. The Morgan fingerprint density at radius 1 is 1.43 bits per heavy atom. The highest BCUT2D eigenvalue weighted by Gasteiger charge is 2.17. The molecule has 1 fully saturated rings. The summed E-state index contributed by atoms with van der Waals surface area (Å²) in [5.74, 6) is 2.12. The summed E-state index contributed by atoms with van der Waals surface area (Å²) in [6.45, 7) is 2.11. The van der Waals surface area contributed by atoms with Crippen LogP contribution in [0.5, 0.6) is 5.75 Å². The number of nitrogens with zero attached hydrogens (tertiary/aromatic N) is 2. The van der Waals surface area contributed by atoms with Crippen molar-refractivity contribution in [1.82, 2.24) is 15.3 Å². The average Bonchev–Trinajstić information content (AvgIpc) is 2.30. The molecule has 0 radical (unpaired) electrons. The predicted molar refractivity (Wildman–Crippen MR) is 53.4 cm³/mol. The molecule has 0 aromatic carbocycles. The maximum atomic E-state index is 5.02. The van der Waals surface area contributed by atoms with E-state index in [-0.39, 0.29) is 0 Å². The van der Waals surface area contributed by atoms with Crippen LogP contribution in [0.2, 0.25) is 0 Å². The van der Waals surface area contributed by atoms with E-state index in [0.717, 1.165) is 24.7 Å². The molecular formula is C10H15N3O. The van der Waals surface area contributed by atoms with E-state index in [0.29, 0.717) is 5.92 Å². The number of ether oxygens (including phenoxy) is 1. The molecule has 1 atom stereocenters. The van der Waals surface area contributed by atoms with Gasteiger partial charge in [-0.2, -0.15) is 0 Å².